The summed E-state index contributed by atoms with van der Waals surface area (Å²) in [5.74, 6) is 1.78. The van der Waals surface area contributed by atoms with E-state index in [0.717, 1.165) is 35.5 Å². The third kappa shape index (κ3) is 3.01. The van der Waals surface area contributed by atoms with Crippen molar-refractivity contribution in [2.75, 3.05) is 20.8 Å². The average molecular weight is 350 g/mol. The lowest BCUT2D eigenvalue weighted by Gasteiger charge is -2.29. The lowest BCUT2D eigenvalue weighted by Crippen LogP contribution is -2.38. The van der Waals surface area contributed by atoms with Gasteiger partial charge in [0.25, 0.3) is 0 Å². The van der Waals surface area contributed by atoms with Gasteiger partial charge in [0, 0.05) is 29.7 Å². The fourth-order valence-corrected chi connectivity index (χ4v) is 3.61. The molecule has 2 heterocycles. The minimum absolute atomic E-state index is 0.146. The van der Waals surface area contributed by atoms with Crippen LogP contribution in [0, 0.1) is 0 Å². The first-order valence-corrected chi connectivity index (χ1v) is 8.75. The molecule has 134 valence electrons. The SMILES string of the molecule is COc1cccc(CC(=O)N2CCn3c(cc4cc(OC)ccc43)C2)c1. The number of methoxy groups -OCH3 is 2. The van der Waals surface area contributed by atoms with Crippen molar-refractivity contribution in [2.24, 2.45) is 0 Å². The number of ether oxygens (including phenoxy) is 2. The maximum Gasteiger partial charge on any atom is 0.227 e. The molecule has 0 saturated carbocycles. The van der Waals surface area contributed by atoms with Gasteiger partial charge in [-0.2, -0.15) is 0 Å². The maximum absolute atomic E-state index is 12.7. The molecule has 0 radical (unpaired) electrons. The van der Waals surface area contributed by atoms with Crippen LogP contribution in [0.15, 0.2) is 48.5 Å². The Bertz CT molecular complexity index is 961. The molecule has 1 aliphatic rings. The third-order valence-electron chi connectivity index (χ3n) is 4.98. The van der Waals surface area contributed by atoms with Crippen LogP contribution in [-0.4, -0.2) is 36.1 Å². The highest BCUT2D eigenvalue weighted by atomic mass is 16.5. The van der Waals surface area contributed by atoms with Gasteiger partial charge in [0.05, 0.1) is 27.2 Å². The van der Waals surface area contributed by atoms with Crippen molar-refractivity contribution in [2.45, 2.75) is 19.5 Å². The number of nitrogens with zero attached hydrogens (tertiary/aromatic N) is 2. The molecule has 3 aromatic rings. The molecule has 0 spiro atoms. The number of amides is 1. The summed E-state index contributed by atoms with van der Waals surface area (Å²) in [5, 5.41) is 1.15. The summed E-state index contributed by atoms with van der Waals surface area (Å²) in [6.45, 7) is 2.18. The Kier molecular flexibility index (Phi) is 4.29. The van der Waals surface area contributed by atoms with Gasteiger partial charge in [0.2, 0.25) is 5.91 Å². The summed E-state index contributed by atoms with van der Waals surface area (Å²) in [6, 6.07) is 16.0. The number of fused-ring (bicyclic) bond motifs is 3. The van der Waals surface area contributed by atoms with Crippen LogP contribution in [-0.2, 0) is 24.3 Å². The Morgan fingerprint density at radius 2 is 1.81 bits per heavy atom. The van der Waals surface area contributed by atoms with E-state index in [1.54, 1.807) is 14.2 Å². The molecule has 0 N–H and O–H groups in total. The van der Waals surface area contributed by atoms with Gasteiger partial charge in [-0.1, -0.05) is 12.1 Å². The first-order valence-electron chi connectivity index (χ1n) is 8.75. The summed E-state index contributed by atoms with van der Waals surface area (Å²) < 4.78 is 12.9. The Labute approximate surface area is 152 Å². The highest BCUT2D eigenvalue weighted by Crippen LogP contribution is 2.27. The van der Waals surface area contributed by atoms with E-state index in [4.69, 9.17) is 9.47 Å². The van der Waals surface area contributed by atoms with Gasteiger partial charge in [-0.25, -0.2) is 0 Å². The van der Waals surface area contributed by atoms with Gasteiger partial charge in [0.15, 0.2) is 0 Å². The van der Waals surface area contributed by atoms with Crippen LogP contribution in [0.25, 0.3) is 10.9 Å². The fourth-order valence-electron chi connectivity index (χ4n) is 3.61. The molecule has 0 fully saturated rings. The number of rotatable bonds is 4. The lowest BCUT2D eigenvalue weighted by molar-refractivity contribution is -0.131. The van der Waals surface area contributed by atoms with Crippen molar-refractivity contribution in [3.63, 3.8) is 0 Å². The lowest BCUT2D eigenvalue weighted by atomic mass is 10.1. The predicted molar refractivity (Wildman–Crippen MR) is 101 cm³/mol. The standard InChI is InChI=1S/C21H22N2O3/c1-25-18-5-3-4-15(10-18)11-21(24)22-8-9-23-17(14-22)12-16-13-19(26-2)6-7-20(16)23/h3-7,10,12-13H,8-9,11,14H2,1-2H3. The maximum atomic E-state index is 12.7. The molecular formula is C21H22N2O3. The van der Waals surface area contributed by atoms with Gasteiger partial charge in [-0.3, -0.25) is 4.79 Å². The van der Waals surface area contributed by atoms with Crippen molar-refractivity contribution in [3.05, 3.63) is 59.8 Å². The van der Waals surface area contributed by atoms with E-state index in [9.17, 15) is 4.79 Å². The Balaban J connectivity index is 1.53. The van der Waals surface area contributed by atoms with Crippen LogP contribution in [0.1, 0.15) is 11.3 Å². The van der Waals surface area contributed by atoms with Crippen molar-refractivity contribution in [1.29, 1.82) is 0 Å². The number of benzene rings is 2. The normalized spacial score (nSPS) is 13.5. The summed E-state index contributed by atoms with van der Waals surface area (Å²) in [4.78, 5) is 14.7. The molecule has 0 saturated heterocycles. The fraction of sp³-hybridized carbons (Fsp3) is 0.286. The molecule has 5 nitrogen and oxygen atoms in total. The second-order valence-electron chi connectivity index (χ2n) is 6.56. The van der Waals surface area contributed by atoms with Gasteiger partial charge < -0.3 is 18.9 Å². The number of carbonyl (C=O) groups is 1. The predicted octanol–water partition coefficient (Wildman–Crippen LogP) is 3.24. The van der Waals surface area contributed by atoms with Crippen molar-refractivity contribution >= 4 is 16.8 Å². The summed E-state index contributed by atoms with van der Waals surface area (Å²) in [6.07, 6.45) is 0.394. The van der Waals surface area contributed by atoms with E-state index >= 15 is 0 Å². The highest BCUT2D eigenvalue weighted by Gasteiger charge is 2.22. The molecule has 26 heavy (non-hydrogen) atoms. The van der Waals surface area contributed by atoms with Crippen molar-refractivity contribution < 1.29 is 14.3 Å². The van der Waals surface area contributed by atoms with E-state index in [0.29, 0.717) is 13.0 Å². The average Bonchev–Trinajstić information content (AvgIpc) is 3.04. The quantitative estimate of drug-likeness (QED) is 0.725. The molecule has 1 amide bonds. The van der Waals surface area contributed by atoms with E-state index in [1.807, 2.05) is 41.3 Å². The van der Waals surface area contributed by atoms with Crippen LogP contribution >= 0.6 is 0 Å². The zero-order chi connectivity index (χ0) is 18.1. The monoisotopic (exact) mass is 350 g/mol. The van der Waals surface area contributed by atoms with Crippen LogP contribution in [0.5, 0.6) is 11.5 Å². The molecule has 0 unspecified atom stereocenters. The molecule has 0 bridgehead atoms. The first-order chi connectivity index (χ1) is 12.7. The van der Waals surface area contributed by atoms with Gasteiger partial charge in [-0.05, 0) is 42.0 Å². The van der Waals surface area contributed by atoms with Crippen molar-refractivity contribution in [3.8, 4) is 11.5 Å². The van der Waals surface area contributed by atoms with E-state index < -0.39 is 0 Å². The van der Waals surface area contributed by atoms with Crippen molar-refractivity contribution in [1.82, 2.24) is 9.47 Å². The van der Waals surface area contributed by atoms with Crippen LogP contribution in [0.4, 0.5) is 0 Å². The van der Waals surface area contributed by atoms with E-state index in [-0.39, 0.29) is 5.91 Å². The zero-order valence-corrected chi connectivity index (χ0v) is 15.1. The minimum atomic E-state index is 0.146. The highest BCUT2D eigenvalue weighted by molar-refractivity contribution is 5.84. The van der Waals surface area contributed by atoms with Gasteiger partial charge in [0.1, 0.15) is 11.5 Å². The van der Waals surface area contributed by atoms with Gasteiger partial charge in [-0.15, -0.1) is 0 Å². The molecule has 0 aliphatic carbocycles. The zero-order valence-electron chi connectivity index (χ0n) is 15.1. The largest absolute Gasteiger partial charge is 0.497 e. The summed E-state index contributed by atoms with van der Waals surface area (Å²) in [7, 11) is 3.32. The van der Waals surface area contributed by atoms with E-state index in [2.05, 4.69) is 16.7 Å². The van der Waals surface area contributed by atoms with Crippen LogP contribution in [0.3, 0.4) is 0 Å². The second kappa shape index (κ2) is 6.75. The van der Waals surface area contributed by atoms with Crippen LogP contribution in [0.2, 0.25) is 0 Å². The topological polar surface area (TPSA) is 43.7 Å². The Hall–Kier alpha value is -2.95. The molecule has 2 aromatic carbocycles. The molecule has 0 atom stereocenters. The number of carbonyl (C=O) groups excluding carboxylic acids is 1. The second-order valence-corrected chi connectivity index (χ2v) is 6.56. The molecule has 1 aromatic heterocycles. The Morgan fingerprint density at radius 1 is 1.00 bits per heavy atom. The number of hydrogen-bond acceptors (Lipinski definition) is 3. The number of aromatic nitrogens is 1. The summed E-state index contributed by atoms with van der Waals surface area (Å²) in [5.41, 5.74) is 3.34. The van der Waals surface area contributed by atoms with Crippen LogP contribution < -0.4 is 9.47 Å². The minimum Gasteiger partial charge on any atom is -0.497 e. The Morgan fingerprint density at radius 3 is 2.62 bits per heavy atom. The van der Waals surface area contributed by atoms with E-state index in [1.165, 1.54) is 11.2 Å². The molecule has 1 aliphatic heterocycles. The first kappa shape index (κ1) is 16.5. The molecular weight excluding hydrogens is 328 g/mol. The number of hydrogen-bond donors (Lipinski definition) is 0. The van der Waals surface area contributed by atoms with Gasteiger partial charge >= 0.3 is 0 Å². The molecule has 5 heteroatoms. The summed E-state index contributed by atoms with van der Waals surface area (Å²) >= 11 is 0. The smallest absolute Gasteiger partial charge is 0.227 e. The molecule has 4 rings (SSSR count). The third-order valence-corrected chi connectivity index (χ3v) is 4.98.